The number of rotatable bonds is 7. The van der Waals surface area contributed by atoms with E-state index < -0.39 is 0 Å². The molecule has 140 valence electrons. The molecule has 8 heteroatoms. The van der Waals surface area contributed by atoms with Crippen LogP contribution < -0.4 is 15.0 Å². The summed E-state index contributed by atoms with van der Waals surface area (Å²) in [6.45, 7) is 2.46. The Labute approximate surface area is 172 Å². The Morgan fingerprint density at radius 1 is 1.15 bits per heavy atom. The summed E-state index contributed by atoms with van der Waals surface area (Å²) in [6.07, 6.45) is 1.75. The molecule has 0 amide bonds. The highest BCUT2D eigenvalue weighted by Gasteiger charge is 2.20. The second kappa shape index (κ2) is 8.44. The molecule has 2 aromatic carbocycles. The van der Waals surface area contributed by atoms with Gasteiger partial charge in [0.15, 0.2) is 17.4 Å². The summed E-state index contributed by atoms with van der Waals surface area (Å²) in [7, 11) is 0. The fourth-order valence-corrected chi connectivity index (χ4v) is 4.34. The SMILES string of the molecule is Fc1ccc(Nc2cc(N3CCC3)n(PI)n2)cc1OCc1ccccc1. The topological polar surface area (TPSA) is 42.3 Å². The van der Waals surface area contributed by atoms with Gasteiger partial charge in [-0.1, -0.05) is 30.3 Å². The summed E-state index contributed by atoms with van der Waals surface area (Å²) in [5.74, 6) is 1.72. The molecule has 1 unspecified atom stereocenters. The van der Waals surface area contributed by atoms with Crippen LogP contribution in [0.3, 0.4) is 0 Å². The molecule has 1 saturated heterocycles. The molecule has 5 nitrogen and oxygen atoms in total. The minimum atomic E-state index is -0.378. The quantitative estimate of drug-likeness (QED) is 0.354. The average molecular weight is 496 g/mol. The molecular formula is C19H19FIN4OP. The highest BCUT2D eigenvalue weighted by molar-refractivity contribution is 14.2. The Balaban J connectivity index is 1.48. The van der Waals surface area contributed by atoms with Gasteiger partial charge in [0.1, 0.15) is 12.4 Å². The zero-order chi connectivity index (χ0) is 18.6. The van der Waals surface area contributed by atoms with E-state index in [0.29, 0.717) is 13.0 Å². The lowest BCUT2D eigenvalue weighted by atomic mass is 10.2. The van der Waals surface area contributed by atoms with Gasteiger partial charge in [-0.25, -0.2) is 8.84 Å². The molecule has 0 saturated carbocycles. The van der Waals surface area contributed by atoms with Gasteiger partial charge in [0.2, 0.25) is 0 Å². The maximum atomic E-state index is 14.1. The van der Waals surface area contributed by atoms with Gasteiger partial charge < -0.3 is 15.0 Å². The smallest absolute Gasteiger partial charge is 0.165 e. The van der Waals surface area contributed by atoms with Gasteiger partial charge in [-0.2, -0.15) is 0 Å². The Kier molecular flexibility index (Phi) is 5.78. The van der Waals surface area contributed by atoms with Crippen molar-refractivity contribution < 1.29 is 9.13 Å². The maximum absolute atomic E-state index is 14.1. The monoisotopic (exact) mass is 496 g/mol. The van der Waals surface area contributed by atoms with Gasteiger partial charge in [-0.05, 0) is 46.2 Å². The lowest BCUT2D eigenvalue weighted by Crippen LogP contribution is -2.37. The van der Waals surface area contributed by atoms with Crippen LogP contribution in [0.2, 0.25) is 0 Å². The molecule has 1 aliphatic heterocycles. The number of ether oxygens (including phenoxy) is 1. The molecule has 0 aliphatic carbocycles. The summed E-state index contributed by atoms with van der Waals surface area (Å²) >= 11 is 2.33. The summed E-state index contributed by atoms with van der Waals surface area (Å²) < 4.78 is 21.8. The molecule has 0 radical (unpaired) electrons. The molecule has 0 bridgehead atoms. The Bertz CT molecular complexity index is 917. The van der Waals surface area contributed by atoms with Crippen LogP contribution in [0.15, 0.2) is 54.6 Å². The molecular weight excluding hydrogens is 477 g/mol. The fraction of sp³-hybridized carbons (Fsp3) is 0.211. The Morgan fingerprint density at radius 2 is 1.96 bits per heavy atom. The van der Waals surface area contributed by atoms with Gasteiger partial charge in [-0.15, -0.1) is 5.10 Å². The van der Waals surface area contributed by atoms with Crippen molar-refractivity contribution in [1.82, 2.24) is 9.55 Å². The van der Waals surface area contributed by atoms with Crippen molar-refractivity contribution in [1.29, 1.82) is 0 Å². The van der Waals surface area contributed by atoms with E-state index in [1.165, 1.54) is 12.5 Å². The van der Waals surface area contributed by atoms with E-state index in [1.54, 1.807) is 12.1 Å². The molecule has 2 heterocycles. The highest BCUT2D eigenvalue weighted by Crippen LogP contribution is 2.35. The number of hydrogen-bond donors (Lipinski definition) is 1. The van der Waals surface area contributed by atoms with Gasteiger partial charge in [0.05, 0.1) is 6.37 Å². The molecule has 1 fully saturated rings. The lowest BCUT2D eigenvalue weighted by Gasteiger charge is -2.32. The third kappa shape index (κ3) is 4.35. The van der Waals surface area contributed by atoms with Crippen LogP contribution in [0.5, 0.6) is 5.75 Å². The summed E-state index contributed by atoms with van der Waals surface area (Å²) in [4.78, 5) is 2.31. The lowest BCUT2D eigenvalue weighted by molar-refractivity contribution is 0.290. The standard InChI is InChI=1S/C19H19FIN4OP/c20-16-8-7-15(11-17(16)26-13-14-5-2-1-3-6-14)22-18-12-19(24-9-4-10-24)25(23-18)27-21/h1-3,5-8,11-12,27H,4,9-10,13H2,(H,22,23). The van der Waals surface area contributed by atoms with Crippen molar-refractivity contribution >= 4 is 45.7 Å². The van der Waals surface area contributed by atoms with E-state index in [9.17, 15) is 4.39 Å². The summed E-state index contributed by atoms with van der Waals surface area (Å²) in [5.41, 5.74) is 1.74. The summed E-state index contributed by atoms with van der Waals surface area (Å²) in [5, 5.41) is 7.87. The third-order valence-electron chi connectivity index (χ3n) is 4.39. The zero-order valence-corrected chi connectivity index (χ0v) is 17.7. The van der Waals surface area contributed by atoms with Crippen molar-refractivity contribution in [2.45, 2.75) is 13.0 Å². The normalized spacial score (nSPS) is 13.8. The van der Waals surface area contributed by atoms with Gasteiger partial charge in [0, 0.05) is 30.9 Å². The van der Waals surface area contributed by atoms with E-state index in [2.05, 4.69) is 37.4 Å². The van der Waals surface area contributed by atoms with Crippen molar-refractivity contribution in [3.63, 3.8) is 0 Å². The molecule has 1 N–H and O–H groups in total. The first-order valence-electron chi connectivity index (χ1n) is 8.68. The average Bonchev–Trinajstić information content (AvgIpc) is 3.03. The maximum Gasteiger partial charge on any atom is 0.165 e. The van der Waals surface area contributed by atoms with Crippen LogP contribution in [0, 0.1) is 5.82 Å². The number of halogens is 2. The number of aromatic nitrogens is 2. The van der Waals surface area contributed by atoms with Crippen molar-refractivity contribution in [3.05, 3.63) is 66.0 Å². The van der Waals surface area contributed by atoms with Crippen LogP contribution in [-0.4, -0.2) is 22.6 Å². The molecule has 3 aromatic rings. The third-order valence-corrected chi connectivity index (χ3v) is 6.25. The van der Waals surface area contributed by atoms with Gasteiger partial charge >= 0.3 is 0 Å². The molecule has 27 heavy (non-hydrogen) atoms. The first-order valence-corrected chi connectivity index (χ1v) is 12.7. The number of anilines is 3. The van der Waals surface area contributed by atoms with Gasteiger partial charge in [-0.3, -0.25) is 0 Å². The Morgan fingerprint density at radius 3 is 2.67 bits per heavy atom. The van der Waals surface area contributed by atoms with Crippen molar-refractivity contribution in [3.8, 4) is 5.75 Å². The van der Waals surface area contributed by atoms with Crippen LogP contribution >= 0.6 is 28.4 Å². The van der Waals surface area contributed by atoms with Crippen LogP contribution in [0.4, 0.5) is 21.7 Å². The molecule has 1 aliphatic rings. The largest absolute Gasteiger partial charge is 0.486 e. The van der Waals surface area contributed by atoms with Gasteiger partial charge in [0.25, 0.3) is 0 Å². The minimum absolute atomic E-state index is 0.224. The van der Waals surface area contributed by atoms with Crippen LogP contribution in [0.1, 0.15) is 12.0 Å². The van der Waals surface area contributed by atoms with E-state index in [-0.39, 0.29) is 11.6 Å². The van der Waals surface area contributed by atoms with Crippen LogP contribution in [0.25, 0.3) is 0 Å². The van der Waals surface area contributed by atoms with E-state index >= 15 is 0 Å². The number of benzene rings is 2. The Hall–Kier alpha value is -1.86. The predicted octanol–water partition coefficient (Wildman–Crippen LogP) is 5.35. The second-order valence-corrected chi connectivity index (χ2v) is 8.31. The fourth-order valence-electron chi connectivity index (χ4n) is 2.84. The number of nitrogens with one attached hydrogen (secondary N) is 1. The first-order chi connectivity index (χ1) is 13.2. The van der Waals surface area contributed by atoms with Crippen molar-refractivity contribution in [2.24, 2.45) is 0 Å². The number of nitrogens with zero attached hydrogens (tertiary/aromatic N) is 3. The molecule has 0 spiro atoms. The minimum Gasteiger partial charge on any atom is -0.486 e. The first kappa shape index (κ1) is 18.5. The van der Waals surface area contributed by atoms with E-state index in [0.717, 1.165) is 36.0 Å². The number of hydrogen-bond acceptors (Lipinski definition) is 4. The van der Waals surface area contributed by atoms with E-state index in [1.807, 2.05) is 40.9 Å². The van der Waals surface area contributed by atoms with E-state index in [4.69, 9.17) is 4.74 Å². The second-order valence-electron chi connectivity index (χ2n) is 6.27. The predicted molar refractivity (Wildman–Crippen MR) is 117 cm³/mol. The molecule has 1 atom stereocenters. The summed E-state index contributed by atoms with van der Waals surface area (Å²) in [6, 6.07) is 16.5. The molecule has 1 aromatic heterocycles. The zero-order valence-electron chi connectivity index (χ0n) is 14.5. The highest BCUT2D eigenvalue weighted by atomic mass is 127. The molecule has 4 rings (SSSR count). The van der Waals surface area contributed by atoms with Crippen LogP contribution in [-0.2, 0) is 6.61 Å². The van der Waals surface area contributed by atoms with Crippen molar-refractivity contribution in [2.75, 3.05) is 23.3 Å².